The highest BCUT2D eigenvalue weighted by Crippen LogP contribution is 2.35. The van der Waals surface area contributed by atoms with Crippen LogP contribution >= 0.6 is 0 Å². The van der Waals surface area contributed by atoms with E-state index in [1.54, 1.807) is 27.9 Å². The van der Waals surface area contributed by atoms with Crippen LogP contribution in [0.1, 0.15) is 17.7 Å². The lowest BCUT2D eigenvalue weighted by atomic mass is 10.2. The van der Waals surface area contributed by atoms with Gasteiger partial charge in [-0.3, -0.25) is 4.90 Å². The molecule has 5 heterocycles. The predicted molar refractivity (Wildman–Crippen MR) is 128 cm³/mol. The SMILES string of the molecule is CN[C@@H]1CCN(c2ccnc3c2CCN3C(=O)Nc2cn3cc(C)nc3cc2F)C1.O=C(O)C(F)(F)F. The largest absolute Gasteiger partial charge is 0.490 e. The van der Waals surface area contributed by atoms with E-state index in [0.29, 0.717) is 24.1 Å². The van der Waals surface area contributed by atoms with Crippen LogP contribution in [0.2, 0.25) is 0 Å². The van der Waals surface area contributed by atoms with Crippen molar-refractivity contribution in [3.05, 3.63) is 47.8 Å². The molecule has 10 nitrogen and oxygen atoms in total. The summed E-state index contributed by atoms with van der Waals surface area (Å²) in [5.41, 5.74) is 3.61. The Bertz CT molecular complexity index is 1330. The number of halogens is 4. The summed E-state index contributed by atoms with van der Waals surface area (Å²) in [6.45, 7) is 4.27. The highest BCUT2D eigenvalue weighted by atomic mass is 19.4. The minimum absolute atomic E-state index is 0.117. The molecule has 3 aromatic heterocycles. The van der Waals surface area contributed by atoms with Crippen LogP contribution in [0.15, 0.2) is 30.7 Å². The number of carbonyl (C=O) groups is 2. The van der Waals surface area contributed by atoms with Crippen LogP contribution < -0.4 is 20.4 Å². The first-order chi connectivity index (χ1) is 17.5. The maximum atomic E-state index is 14.5. The number of likely N-dealkylation sites (N-methyl/N-ethyl adjacent to an activating group) is 1. The summed E-state index contributed by atoms with van der Waals surface area (Å²) < 4.78 is 47.9. The van der Waals surface area contributed by atoms with E-state index in [-0.39, 0.29) is 11.7 Å². The molecular weight excluding hydrogens is 498 g/mol. The van der Waals surface area contributed by atoms with E-state index in [4.69, 9.17) is 9.90 Å². The van der Waals surface area contributed by atoms with Crippen molar-refractivity contribution in [2.45, 2.75) is 32.0 Å². The predicted octanol–water partition coefficient (Wildman–Crippen LogP) is 3.20. The number of nitrogens with one attached hydrogen (secondary N) is 2. The van der Waals surface area contributed by atoms with E-state index in [1.807, 2.05) is 20.0 Å². The van der Waals surface area contributed by atoms with Gasteiger partial charge in [0.1, 0.15) is 11.5 Å². The van der Waals surface area contributed by atoms with Gasteiger partial charge >= 0.3 is 18.2 Å². The van der Waals surface area contributed by atoms with Crippen molar-refractivity contribution in [3.8, 4) is 0 Å². The third kappa shape index (κ3) is 5.58. The van der Waals surface area contributed by atoms with Gasteiger partial charge in [0.25, 0.3) is 0 Å². The number of imidazole rings is 1. The number of nitrogens with zero attached hydrogens (tertiary/aromatic N) is 5. The molecule has 5 rings (SSSR count). The Labute approximate surface area is 208 Å². The average molecular weight is 523 g/mol. The van der Waals surface area contributed by atoms with Crippen molar-refractivity contribution < 1.29 is 32.3 Å². The van der Waals surface area contributed by atoms with E-state index in [2.05, 4.69) is 25.5 Å². The fraction of sp³-hybridized carbons (Fsp3) is 0.391. The number of pyridine rings is 2. The van der Waals surface area contributed by atoms with Crippen LogP contribution in [-0.2, 0) is 11.2 Å². The molecule has 2 aliphatic heterocycles. The quantitative estimate of drug-likeness (QED) is 0.452. The number of anilines is 3. The molecule has 2 amide bonds. The van der Waals surface area contributed by atoms with Crippen molar-refractivity contribution in [1.29, 1.82) is 0 Å². The molecule has 198 valence electrons. The smallest absolute Gasteiger partial charge is 0.475 e. The maximum Gasteiger partial charge on any atom is 0.490 e. The van der Waals surface area contributed by atoms with E-state index < -0.39 is 18.0 Å². The van der Waals surface area contributed by atoms with Crippen molar-refractivity contribution >= 4 is 34.8 Å². The number of carboxylic acid groups (broad SMARTS) is 1. The number of aromatic nitrogens is 3. The maximum absolute atomic E-state index is 14.5. The Morgan fingerprint density at radius 2 is 1.95 bits per heavy atom. The van der Waals surface area contributed by atoms with Crippen molar-refractivity contribution in [2.24, 2.45) is 0 Å². The van der Waals surface area contributed by atoms with E-state index in [1.165, 1.54) is 6.07 Å². The second kappa shape index (κ2) is 10.2. The Balaban J connectivity index is 0.000000405. The number of fused-ring (bicyclic) bond motifs is 2. The first-order valence-electron chi connectivity index (χ1n) is 11.4. The molecule has 2 aliphatic rings. The zero-order valence-corrected chi connectivity index (χ0v) is 20.0. The van der Waals surface area contributed by atoms with Gasteiger partial charge in [-0.05, 0) is 32.9 Å². The fourth-order valence-electron chi connectivity index (χ4n) is 4.39. The van der Waals surface area contributed by atoms with Crippen LogP contribution in [0.4, 0.5) is 39.5 Å². The number of hydrogen-bond donors (Lipinski definition) is 3. The molecule has 3 aromatic rings. The molecule has 0 aromatic carbocycles. The van der Waals surface area contributed by atoms with E-state index in [0.717, 1.165) is 42.9 Å². The number of aryl methyl sites for hydroxylation is 1. The first-order valence-corrected chi connectivity index (χ1v) is 11.4. The van der Waals surface area contributed by atoms with Gasteiger partial charge in [0.2, 0.25) is 0 Å². The monoisotopic (exact) mass is 523 g/mol. The molecule has 0 radical (unpaired) electrons. The Morgan fingerprint density at radius 1 is 1.22 bits per heavy atom. The summed E-state index contributed by atoms with van der Waals surface area (Å²) in [5.74, 6) is -2.62. The molecule has 1 saturated heterocycles. The van der Waals surface area contributed by atoms with Gasteiger partial charge < -0.3 is 25.0 Å². The van der Waals surface area contributed by atoms with Gasteiger partial charge in [0, 0.05) is 61.6 Å². The van der Waals surface area contributed by atoms with Gasteiger partial charge in [-0.1, -0.05) is 0 Å². The molecule has 1 fully saturated rings. The lowest BCUT2D eigenvalue weighted by Crippen LogP contribution is -2.34. The van der Waals surface area contributed by atoms with Crippen LogP contribution in [0.3, 0.4) is 0 Å². The van der Waals surface area contributed by atoms with Crippen molar-refractivity contribution in [3.63, 3.8) is 0 Å². The van der Waals surface area contributed by atoms with Gasteiger partial charge in [-0.25, -0.2) is 23.9 Å². The third-order valence-electron chi connectivity index (χ3n) is 6.18. The summed E-state index contributed by atoms with van der Waals surface area (Å²) in [6.07, 6.45) is 1.82. The summed E-state index contributed by atoms with van der Waals surface area (Å²) in [6, 6.07) is 3.43. The van der Waals surface area contributed by atoms with Crippen LogP contribution in [0.25, 0.3) is 5.65 Å². The lowest BCUT2D eigenvalue weighted by molar-refractivity contribution is -0.192. The van der Waals surface area contributed by atoms with Crippen molar-refractivity contribution in [2.75, 3.05) is 41.8 Å². The standard InChI is InChI=1S/C21H24FN7O.C2HF3O2/c1-13-10-28-12-17(16(22)9-19(28)25-13)26-21(30)29-8-5-15-18(3-6-24-20(15)29)27-7-4-14(11-27)23-2;3-2(4,5)1(6)7/h3,6,9-10,12,14,23H,4-5,7-8,11H2,1-2H3,(H,26,30);(H,6,7)/t14-;/m1./s1. The molecule has 37 heavy (non-hydrogen) atoms. The zero-order valence-electron chi connectivity index (χ0n) is 20.0. The third-order valence-corrected chi connectivity index (χ3v) is 6.18. The molecule has 1 atom stereocenters. The zero-order chi connectivity index (χ0) is 26.9. The number of rotatable bonds is 3. The number of carbonyl (C=O) groups excluding carboxylic acids is 1. The highest BCUT2D eigenvalue weighted by Gasteiger charge is 2.38. The molecule has 0 spiro atoms. The average Bonchev–Trinajstić information content (AvgIpc) is 3.56. The summed E-state index contributed by atoms with van der Waals surface area (Å²) in [7, 11) is 1.98. The fourth-order valence-corrected chi connectivity index (χ4v) is 4.39. The highest BCUT2D eigenvalue weighted by molar-refractivity contribution is 6.03. The van der Waals surface area contributed by atoms with Crippen molar-refractivity contribution in [1.82, 2.24) is 19.7 Å². The Hall–Kier alpha value is -3.94. The Morgan fingerprint density at radius 3 is 2.59 bits per heavy atom. The van der Waals surface area contributed by atoms with Crippen LogP contribution in [-0.4, -0.2) is 70.4 Å². The molecular formula is C23H25F4N7O3. The second-order valence-electron chi connectivity index (χ2n) is 8.67. The number of hydrogen-bond acceptors (Lipinski definition) is 6. The normalized spacial score (nSPS) is 17.0. The molecule has 0 unspecified atom stereocenters. The van der Waals surface area contributed by atoms with Crippen LogP contribution in [0.5, 0.6) is 0 Å². The molecule has 0 saturated carbocycles. The second-order valence-corrected chi connectivity index (χ2v) is 8.67. The molecule has 0 aliphatic carbocycles. The number of amides is 2. The van der Waals surface area contributed by atoms with Gasteiger partial charge in [-0.15, -0.1) is 0 Å². The van der Waals surface area contributed by atoms with E-state index in [9.17, 15) is 22.4 Å². The number of carboxylic acids is 1. The number of alkyl halides is 3. The molecule has 3 N–H and O–H groups in total. The summed E-state index contributed by atoms with van der Waals surface area (Å²) in [4.78, 5) is 34.5. The minimum Gasteiger partial charge on any atom is -0.475 e. The van der Waals surface area contributed by atoms with Crippen LogP contribution in [0, 0.1) is 12.7 Å². The molecule has 14 heteroatoms. The first kappa shape index (κ1) is 26.1. The number of aliphatic carboxylic acids is 1. The minimum atomic E-state index is -5.08. The molecule has 0 bridgehead atoms. The lowest BCUT2D eigenvalue weighted by Gasteiger charge is -2.22. The van der Waals surface area contributed by atoms with Gasteiger partial charge in [-0.2, -0.15) is 13.2 Å². The van der Waals surface area contributed by atoms with Gasteiger partial charge in [0.15, 0.2) is 5.82 Å². The summed E-state index contributed by atoms with van der Waals surface area (Å²) in [5, 5.41) is 13.2. The van der Waals surface area contributed by atoms with Gasteiger partial charge in [0.05, 0.1) is 11.4 Å². The van der Waals surface area contributed by atoms with E-state index >= 15 is 0 Å². The Kier molecular flexibility index (Phi) is 7.21. The summed E-state index contributed by atoms with van der Waals surface area (Å²) >= 11 is 0. The number of urea groups is 1. The topological polar surface area (TPSA) is 115 Å².